The highest BCUT2D eigenvalue weighted by atomic mass is 14.6. The lowest BCUT2D eigenvalue weighted by atomic mass is 9.93. The molecule has 0 heterocycles. The van der Waals surface area contributed by atoms with E-state index in [1.807, 2.05) is 0 Å². The van der Waals surface area contributed by atoms with E-state index in [2.05, 4.69) is 13.8 Å². The quantitative estimate of drug-likeness (QED) is 0.567. The number of rotatable bonds is 7. The summed E-state index contributed by atoms with van der Waals surface area (Å²) in [6, 6.07) is 0.211. The average Bonchev–Trinajstić information content (AvgIpc) is 2.10. The molecule has 0 aliphatic carbocycles. The number of nitrogens with two attached hydrogens (primary N) is 1. The predicted molar refractivity (Wildman–Crippen MR) is 54.7 cm³/mol. The van der Waals surface area contributed by atoms with E-state index in [9.17, 15) is 0 Å². The van der Waals surface area contributed by atoms with E-state index in [1.54, 1.807) is 0 Å². The van der Waals surface area contributed by atoms with E-state index in [-0.39, 0.29) is 6.04 Å². The molecule has 0 aromatic rings. The Bertz CT molecular complexity index is 112. The summed E-state index contributed by atoms with van der Waals surface area (Å²) in [5.41, 5.74) is 5.95. The Morgan fingerprint density at radius 1 is 1.25 bits per heavy atom. The van der Waals surface area contributed by atoms with Crippen LogP contribution in [0.15, 0.2) is 0 Å². The molecule has 3 N–H and O–H groups in total. The molecule has 12 heavy (non-hydrogen) atoms. The molecular formula is C10H22N2. The highest BCUT2D eigenvalue weighted by Crippen LogP contribution is 2.12. The third-order valence-electron chi connectivity index (χ3n) is 2.28. The number of hydrogen-bond donors (Lipinski definition) is 2. The van der Waals surface area contributed by atoms with Crippen LogP contribution in [0.4, 0.5) is 0 Å². The molecule has 0 aliphatic heterocycles. The minimum absolute atomic E-state index is 0.211. The van der Waals surface area contributed by atoms with Crippen LogP contribution < -0.4 is 5.73 Å². The van der Waals surface area contributed by atoms with Gasteiger partial charge in [0.25, 0.3) is 0 Å². The lowest BCUT2D eigenvalue weighted by Gasteiger charge is -2.18. The maximum Gasteiger partial charge on any atom is 0.0117 e. The van der Waals surface area contributed by atoms with Crippen LogP contribution in [-0.4, -0.2) is 12.3 Å². The topological polar surface area (TPSA) is 49.9 Å². The minimum atomic E-state index is 0.211. The number of hydrogen-bond acceptors (Lipinski definition) is 2. The van der Waals surface area contributed by atoms with Crippen LogP contribution in [-0.2, 0) is 0 Å². The Labute approximate surface area is 76.0 Å². The van der Waals surface area contributed by atoms with E-state index in [1.165, 1.54) is 19.1 Å². The van der Waals surface area contributed by atoms with Gasteiger partial charge in [-0.3, -0.25) is 0 Å². The van der Waals surface area contributed by atoms with Crippen molar-refractivity contribution >= 4 is 6.21 Å². The first kappa shape index (κ1) is 11.6. The second-order valence-corrected chi connectivity index (χ2v) is 3.43. The summed E-state index contributed by atoms with van der Waals surface area (Å²) in [6.45, 7) is 4.31. The van der Waals surface area contributed by atoms with Gasteiger partial charge in [0.2, 0.25) is 0 Å². The van der Waals surface area contributed by atoms with Crippen molar-refractivity contribution in [2.45, 2.75) is 52.0 Å². The van der Waals surface area contributed by atoms with Crippen molar-refractivity contribution in [1.82, 2.24) is 0 Å². The van der Waals surface area contributed by atoms with E-state index in [4.69, 9.17) is 11.1 Å². The number of unbranched alkanes of at least 4 members (excludes halogenated alkanes) is 1. The molecule has 2 unspecified atom stereocenters. The molecule has 0 aromatic carbocycles. The van der Waals surface area contributed by atoms with Crippen LogP contribution in [0.3, 0.4) is 0 Å². The zero-order chi connectivity index (χ0) is 9.40. The number of nitrogens with one attached hydrogen (secondary N) is 1. The van der Waals surface area contributed by atoms with E-state index in [0.717, 1.165) is 19.3 Å². The van der Waals surface area contributed by atoms with Gasteiger partial charge in [0, 0.05) is 12.0 Å². The minimum Gasteiger partial charge on any atom is -0.327 e. The maximum atomic E-state index is 7.22. The van der Waals surface area contributed by atoms with Gasteiger partial charge in [-0.1, -0.05) is 33.1 Å². The Morgan fingerprint density at radius 3 is 2.33 bits per heavy atom. The van der Waals surface area contributed by atoms with Crippen molar-refractivity contribution in [3.8, 4) is 0 Å². The third-order valence-corrected chi connectivity index (χ3v) is 2.28. The van der Waals surface area contributed by atoms with Gasteiger partial charge in [-0.05, 0) is 19.1 Å². The van der Waals surface area contributed by atoms with Gasteiger partial charge in [-0.25, -0.2) is 0 Å². The summed E-state index contributed by atoms with van der Waals surface area (Å²) >= 11 is 0. The van der Waals surface area contributed by atoms with Gasteiger partial charge in [0.15, 0.2) is 0 Å². The zero-order valence-corrected chi connectivity index (χ0v) is 8.34. The molecule has 0 amide bonds. The summed E-state index contributed by atoms with van der Waals surface area (Å²) < 4.78 is 0. The van der Waals surface area contributed by atoms with Gasteiger partial charge in [0.05, 0.1) is 0 Å². The van der Waals surface area contributed by atoms with Gasteiger partial charge < -0.3 is 11.1 Å². The predicted octanol–water partition coefficient (Wildman–Crippen LogP) is 2.57. The first-order valence-corrected chi connectivity index (χ1v) is 5.02. The first-order valence-electron chi connectivity index (χ1n) is 5.02. The van der Waals surface area contributed by atoms with Crippen molar-refractivity contribution < 1.29 is 0 Å². The van der Waals surface area contributed by atoms with Crippen molar-refractivity contribution in [3.63, 3.8) is 0 Å². The van der Waals surface area contributed by atoms with Crippen molar-refractivity contribution in [1.29, 1.82) is 5.41 Å². The standard InChI is InChI=1S/C10H22N2/c1-3-5-7-10(12)9(8-11)6-4-2/h8-11H,3-7,12H2,1-2H3. The molecule has 0 bridgehead atoms. The van der Waals surface area contributed by atoms with Gasteiger partial charge in [-0.15, -0.1) is 0 Å². The van der Waals surface area contributed by atoms with E-state index in [0.29, 0.717) is 5.92 Å². The lowest BCUT2D eigenvalue weighted by Crippen LogP contribution is -2.30. The molecule has 2 atom stereocenters. The van der Waals surface area contributed by atoms with Crippen molar-refractivity contribution in [3.05, 3.63) is 0 Å². The third kappa shape index (κ3) is 4.50. The molecule has 0 radical (unpaired) electrons. The van der Waals surface area contributed by atoms with Crippen molar-refractivity contribution in [2.24, 2.45) is 11.7 Å². The normalized spacial score (nSPS) is 15.6. The van der Waals surface area contributed by atoms with Gasteiger partial charge in [0.1, 0.15) is 0 Å². The summed E-state index contributed by atoms with van der Waals surface area (Å²) in [5.74, 6) is 0.307. The molecule has 0 saturated heterocycles. The molecule has 0 fully saturated rings. The molecule has 0 spiro atoms. The first-order chi connectivity index (χ1) is 5.76. The van der Waals surface area contributed by atoms with Crippen LogP contribution in [0.25, 0.3) is 0 Å². The summed E-state index contributed by atoms with van der Waals surface area (Å²) in [5, 5.41) is 7.22. The van der Waals surface area contributed by atoms with Crippen LogP contribution in [0.1, 0.15) is 46.0 Å². The zero-order valence-electron chi connectivity index (χ0n) is 8.34. The molecule has 2 heteroatoms. The van der Waals surface area contributed by atoms with E-state index < -0.39 is 0 Å². The smallest absolute Gasteiger partial charge is 0.0117 e. The monoisotopic (exact) mass is 170 g/mol. The highest BCUT2D eigenvalue weighted by molar-refractivity contribution is 5.57. The molecular weight excluding hydrogens is 148 g/mol. The second kappa shape index (κ2) is 7.29. The Hall–Kier alpha value is -0.370. The fourth-order valence-electron chi connectivity index (χ4n) is 1.41. The maximum absolute atomic E-state index is 7.22. The molecule has 0 rings (SSSR count). The van der Waals surface area contributed by atoms with Crippen LogP contribution in [0.2, 0.25) is 0 Å². The average molecular weight is 170 g/mol. The Kier molecular flexibility index (Phi) is 7.06. The van der Waals surface area contributed by atoms with Gasteiger partial charge in [-0.2, -0.15) is 0 Å². The fraction of sp³-hybridized carbons (Fsp3) is 0.900. The Morgan fingerprint density at radius 2 is 1.92 bits per heavy atom. The molecule has 72 valence electrons. The second-order valence-electron chi connectivity index (χ2n) is 3.43. The van der Waals surface area contributed by atoms with Gasteiger partial charge >= 0.3 is 0 Å². The molecule has 0 aromatic heterocycles. The summed E-state index contributed by atoms with van der Waals surface area (Å²) in [4.78, 5) is 0. The van der Waals surface area contributed by atoms with Crippen LogP contribution in [0, 0.1) is 11.3 Å². The SMILES string of the molecule is CCCCC(N)C(C=N)CCC. The summed E-state index contributed by atoms with van der Waals surface area (Å²) in [7, 11) is 0. The fourth-order valence-corrected chi connectivity index (χ4v) is 1.41. The Balaban J connectivity index is 3.68. The molecule has 0 aliphatic rings. The molecule has 0 saturated carbocycles. The summed E-state index contributed by atoms with van der Waals surface area (Å²) in [6.07, 6.45) is 7.16. The highest BCUT2D eigenvalue weighted by Gasteiger charge is 2.13. The largest absolute Gasteiger partial charge is 0.327 e. The van der Waals surface area contributed by atoms with E-state index >= 15 is 0 Å². The lowest BCUT2D eigenvalue weighted by molar-refractivity contribution is 0.456. The van der Waals surface area contributed by atoms with Crippen LogP contribution >= 0.6 is 0 Å². The van der Waals surface area contributed by atoms with Crippen molar-refractivity contribution in [2.75, 3.05) is 0 Å². The van der Waals surface area contributed by atoms with Crippen LogP contribution in [0.5, 0.6) is 0 Å². The molecule has 2 nitrogen and oxygen atoms in total.